The van der Waals surface area contributed by atoms with E-state index in [0.29, 0.717) is 19.6 Å². The molecule has 2 aliphatic carbocycles. The number of carboxylic acids is 1. The molecule has 0 aromatic heterocycles. The minimum Gasteiger partial charge on any atom is -0.507 e. The van der Waals surface area contributed by atoms with Crippen LogP contribution in [0.25, 0.3) is 0 Å². The predicted molar refractivity (Wildman–Crippen MR) is 169 cm³/mol. The summed E-state index contributed by atoms with van der Waals surface area (Å²) in [7, 11) is 2.92. The Kier molecular flexibility index (Phi) is 9.36. The maximum Gasteiger partial charge on any atom is 0.329 e. The van der Waals surface area contributed by atoms with Crippen LogP contribution in [0.2, 0.25) is 0 Å². The minimum atomic E-state index is -1.54. The Morgan fingerprint density at radius 2 is 1.86 bits per heavy atom. The number of rotatable bonds is 10. The van der Waals surface area contributed by atoms with Gasteiger partial charge in [-0.15, -0.1) is 0 Å². The lowest BCUT2D eigenvalue weighted by Crippen LogP contribution is -2.55. The molecule has 2 aromatic rings. The Labute approximate surface area is 287 Å². The molecule has 4 N–H and O–H groups in total. The fraction of sp³-hybridized carbons (Fsp3) is 0.571. The van der Waals surface area contributed by atoms with Crippen LogP contribution in [0.15, 0.2) is 18.2 Å². The molecule has 7 rings (SSSR count). The first-order chi connectivity index (χ1) is 24.0. The van der Waals surface area contributed by atoms with Gasteiger partial charge in [0.15, 0.2) is 24.6 Å². The molecular formula is C35H41NO14. The fourth-order valence-electron chi connectivity index (χ4n) is 8.26. The van der Waals surface area contributed by atoms with Crippen molar-refractivity contribution in [2.24, 2.45) is 0 Å². The molecule has 5 unspecified atom stereocenters. The van der Waals surface area contributed by atoms with E-state index in [1.165, 1.54) is 19.2 Å². The number of morpholine rings is 1. The summed E-state index contributed by atoms with van der Waals surface area (Å²) in [5.74, 6) is -3.41. The summed E-state index contributed by atoms with van der Waals surface area (Å²) in [5, 5.41) is 44.6. The van der Waals surface area contributed by atoms with E-state index in [1.54, 1.807) is 13.2 Å². The number of ketones is 2. The average molecular weight is 700 g/mol. The normalized spacial score (nSPS) is 31.7. The Morgan fingerprint density at radius 3 is 2.60 bits per heavy atom. The SMILES string of the molecule is COc1cccc2c1C(=O)c1c(O)c3c(c(O)c1C2=O)C[C@@](O)(CCCOCC(=O)O)CC3O[C@H]1CC2C(O[C@@H]3C(OC)OCCN23)C(C)O1. The number of methoxy groups -OCH3 is 2. The van der Waals surface area contributed by atoms with Crippen molar-refractivity contribution in [3.05, 3.63) is 51.6 Å². The first kappa shape index (κ1) is 34.8. The van der Waals surface area contributed by atoms with Gasteiger partial charge in [-0.25, -0.2) is 4.79 Å². The van der Waals surface area contributed by atoms with Gasteiger partial charge in [0.05, 0.1) is 48.2 Å². The average Bonchev–Trinajstić information content (AvgIpc) is 3.47. The number of phenolic OH excluding ortho intramolecular Hbond substituents is 2. The number of nitrogens with zero attached hydrogens (tertiary/aromatic N) is 1. The second kappa shape index (κ2) is 13.5. The van der Waals surface area contributed by atoms with Gasteiger partial charge in [-0.1, -0.05) is 12.1 Å². The van der Waals surface area contributed by atoms with Gasteiger partial charge in [0.25, 0.3) is 0 Å². The molecule has 2 aromatic carbocycles. The number of aliphatic carboxylic acids is 1. The summed E-state index contributed by atoms with van der Waals surface area (Å²) in [6.07, 6.45) is -3.20. The lowest BCUT2D eigenvalue weighted by molar-refractivity contribution is -0.256. The number of hydrogen-bond acceptors (Lipinski definition) is 14. The van der Waals surface area contributed by atoms with Crippen LogP contribution >= 0.6 is 0 Å². The number of benzene rings is 2. The zero-order valence-electron chi connectivity index (χ0n) is 28.0. The summed E-state index contributed by atoms with van der Waals surface area (Å²) >= 11 is 0. The van der Waals surface area contributed by atoms with Crippen molar-refractivity contribution in [2.45, 2.75) is 87.8 Å². The van der Waals surface area contributed by atoms with Gasteiger partial charge >= 0.3 is 5.97 Å². The molecule has 3 heterocycles. The second-order valence-electron chi connectivity index (χ2n) is 13.4. The Hall–Kier alpha value is -3.67. The van der Waals surface area contributed by atoms with Gasteiger partial charge in [-0.3, -0.25) is 14.5 Å². The number of aromatic hydroxyl groups is 2. The van der Waals surface area contributed by atoms with E-state index in [2.05, 4.69) is 4.90 Å². The highest BCUT2D eigenvalue weighted by atomic mass is 16.7. The standard InChI is InChI=1S/C35H41NO14/c1-16-32-19(36-9-11-47-34(45-3)33(36)50-32)12-23(48-16)49-21-14-35(43,8-5-10-46-15-22(37)38)13-18-25(21)31(42)27-26(29(18)40)28(39)17-6-4-7-20(44-2)24(17)30(27)41/h4,6-7,16,19,21,23,32-34,40,42-43H,5,8-15H2,1-3H3,(H,37,38)/t16?,19?,21?,23-,32?,33+,34?,35-/m0/s1. The highest BCUT2D eigenvalue weighted by Gasteiger charge is 2.54. The third kappa shape index (κ3) is 5.84. The largest absolute Gasteiger partial charge is 0.507 e. The van der Waals surface area contributed by atoms with Crippen molar-refractivity contribution in [3.63, 3.8) is 0 Å². The number of phenols is 2. The molecule has 8 atom stereocenters. The van der Waals surface area contributed by atoms with Crippen LogP contribution in [0.3, 0.4) is 0 Å². The van der Waals surface area contributed by atoms with E-state index in [9.17, 15) is 29.7 Å². The fourth-order valence-corrected chi connectivity index (χ4v) is 8.26. The number of carbonyl (C=O) groups is 3. The zero-order chi connectivity index (χ0) is 35.5. The lowest BCUT2D eigenvalue weighted by atomic mass is 9.72. The minimum absolute atomic E-state index is 0.0148. The van der Waals surface area contributed by atoms with Crippen LogP contribution in [0.1, 0.15) is 81.7 Å². The molecule has 5 aliphatic rings. The molecule has 0 spiro atoms. The molecule has 0 saturated carbocycles. The molecule has 270 valence electrons. The number of carbonyl (C=O) groups excluding carboxylic acids is 2. The molecule has 0 amide bonds. The number of carboxylic acid groups (broad SMARTS) is 1. The zero-order valence-corrected chi connectivity index (χ0v) is 28.0. The van der Waals surface area contributed by atoms with E-state index in [4.69, 9.17) is 38.3 Å². The molecule has 0 bridgehead atoms. The van der Waals surface area contributed by atoms with Gasteiger partial charge in [-0.05, 0) is 25.8 Å². The van der Waals surface area contributed by atoms with Crippen LogP contribution < -0.4 is 4.74 Å². The summed E-state index contributed by atoms with van der Waals surface area (Å²) in [6, 6.07) is 4.41. The summed E-state index contributed by atoms with van der Waals surface area (Å²) in [6.45, 7) is 2.47. The van der Waals surface area contributed by atoms with Crippen LogP contribution in [-0.2, 0) is 39.6 Å². The van der Waals surface area contributed by atoms with E-state index in [-0.39, 0.29) is 83.6 Å². The molecule has 50 heavy (non-hydrogen) atoms. The number of hydrogen-bond donors (Lipinski definition) is 4. The smallest absolute Gasteiger partial charge is 0.329 e. The molecule has 15 nitrogen and oxygen atoms in total. The highest BCUT2D eigenvalue weighted by molar-refractivity contribution is 6.31. The van der Waals surface area contributed by atoms with Crippen LogP contribution in [0.4, 0.5) is 0 Å². The number of ether oxygens (including phenoxy) is 7. The molecule has 15 heteroatoms. The highest BCUT2D eigenvalue weighted by Crippen LogP contribution is 2.53. The third-order valence-corrected chi connectivity index (χ3v) is 10.4. The first-order valence-corrected chi connectivity index (χ1v) is 16.7. The summed E-state index contributed by atoms with van der Waals surface area (Å²) < 4.78 is 41.0. The van der Waals surface area contributed by atoms with Crippen molar-refractivity contribution in [1.82, 2.24) is 4.90 Å². The Morgan fingerprint density at radius 1 is 1.08 bits per heavy atom. The first-order valence-electron chi connectivity index (χ1n) is 16.7. The molecule has 3 saturated heterocycles. The van der Waals surface area contributed by atoms with Crippen molar-refractivity contribution in [1.29, 1.82) is 0 Å². The molecular weight excluding hydrogens is 658 g/mol. The Balaban J connectivity index is 1.25. The molecule has 0 radical (unpaired) electrons. The van der Waals surface area contributed by atoms with Crippen molar-refractivity contribution in [2.75, 3.05) is 40.6 Å². The monoisotopic (exact) mass is 699 g/mol. The quantitative estimate of drug-likeness (QED) is 0.177. The summed E-state index contributed by atoms with van der Waals surface area (Å²) in [4.78, 5) is 40.9. The number of aliphatic hydroxyl groups is 1. The maximum absolute atomic E-state index is 14.0. The Bertz CT molecular complexity index is 1700. The van der Waals surface area contributed by atoms with Gasteiger partial charge in [-0.2, -0.15) is 0 Å². The van der Waals surface area contributed by atoms with Gasteiger partial charge < -0.3 is 53.6 Å². The topological polar surface area (TPSA) is 200 Å². The van der Waals surface area contributed by atoms with Crippen LogP contribution in [0.5, 0.6) is 17.2 Å². The van der Waals surface area contributed by atoms with E-state index < -0.39 is 72.3 Å². The van der Waals surface area contributed by atoms with E-state index in [0.717, 1.165) is 0 Å². The third-order valence-electron chi connectivity index (χ3n) is 10.4. The van der Waals surface area contributed by atoms with Crippen molar-refractivity contribution >= 4 is 17.5 Å². The van der Waals surface area contributed by atoms with E-state index in [1.807, 2.05) is 6.92 Å². The number of fused-ring (bicyclic) bond motifs is 6. The second-order valence-corrected chi connectivity index (χ2v) is 13.4. The van der Waals surface area contributed by atoms with Crippen molar-refractivity contribution in [3.8, 4) is 17.2 Å². The van der Waals surface area contributed by atoms with Gasteiger partial charge in [0.1, 0.15) is 30.0 Å². The van der Waals surface area contributed by atoms with Crippen LogP contribution in [0, 0.1) is 0 Å². The maximum atomic E-state index is 14.0. The molecule has 3 aliphatic heterocycles. The van der Waals surface area contributed by atoms with Crippen LogP contribution in [-0.4, -0.2) is 126 Å². The van der Waals surface area contributed by atoms with E-state index >= 15 is 0 Å². The van der Waals surface area contributed by atoms with Gasteiger partial charge in [0.2, 0.25) is 5.78 Å². The summed E-state index contributed by atoms with van der Waals surface area (Å²) in [5.41, 5.74) is -2.13. The molecule has 3 fully saturated rings. The lowest BCUT2D eigenvalue weighted by Gasteiger charge is -2.44. The van der Waals surface area contributed by atoms with Crippen molar-refractivity contribution < 1.29 is 68.0 Å². The predicted octanol–water partition coefficient (Wildman–Crippen LogP) is 2.03. The van der Waals surface area contributed by atoms with Gasteiger partial charge in [0, 0.05) is 62.3 Å².